The van der Waals surface area contributed by atoms with E-state index in [-0.39, 0.29) is 4.90 Å². The molecule has 0 atom stereocenters. The van der Waals surface area contributed by atoms with Crippen LogP contribution in [0.5, 0.6) is 0 Å². The van der Waals surface area contributed by atoms with Crippen molar-refractivity contribution in [1.29, 1.82) is 0 Å². The summed E-state index contributed by atoms with van der Waals surface area (Å²) in [5, 5.41) is 3.82. The molecule has 0 aliphatic carbocycles. The van der Waals surface area contributed by atoms with Crippen LogP contribution in [0.2, 0.25) is 0 Å². The van der Waals surface area contributed by atoms with Gasteiger partial charge in [-0.25, -0.2) is 8.42 Å². The van der Waals surface area contributed by atoms with Crippen molar-refractivity contribution in [3.05, 3.63) is 59.5 Å². The molecule has 0 aliphatic heterocycles. The fourth-order valence-electron chi connectivity index (χ4n) is 2.28. The molecular weight excluding hydrogens is 326 g/mol. The van der Waals surface area contributed by atoms with Crippen molar-refractivity contribution in [2.75, 3.05) is 4.72 Å². The summed E-state index contributed by atoms with van der Waals surface area (Å²) < 4.78 is 32.9. The second-order valence-corrected chi connectivity index (χ2v) is 7.20. The van der Waals surface area contributed by atoms with Gasteiger partial charge in [0.05, 0.1) is 10.6 Å². The van der Waals surface area contributed by atoms with Gasteiger partial charge in [0.25, 0.3) is 10.0 Å². The van der Waals surface area contributed by atoms with Gasteiger partial charge in [0.2, 0.25) is 11.7 Å². The maximum atomic E-state index is 12.7. The van der Waals surface area contributed by atoms with Crippen LogP contribution in [-0.2, 0) is 10.0 Å². The minimum atomic E-state index is -3.71. The van der Waals surface area contributed by atoms with Crippen molar-refractivity contribution in [2.45, 2.75) is 25.7 Å². The van der Waals surface area contributed by atoms with E-state index in [0.717, 1.165) is 11.1 Å². The maximum Gasteiger partial charge on any atom is 0.261 e. The number of aryl methyl sites for hydroxylation is 2. The third-order valence-electron chi connectivity index (χ3n) is 3.78. The quantitative estimate of drug-likeness (QED) is 0.784. The van der Waals surface area contributed by atoms with Gasteiger partial charge in [-0.3, -0.25) is 4.72 Å². The molecule has 6 nitrogen and oxygen atoms in total. The summed E-state index contributed by atoms with van der Waals surface area (Å²) in [6.45, 7) is 5.50. The molecule has 0 spiro atoms. The first kappa shape index (κ1) is 16.2. The standard InChI is InChI=1S/C17H17N3O3S/c1-11-6-4-9-16(12(11)2)20-24(21,22)15-8-5-7-14(10-15)17-18-13(3)23-19-17/h4-10,20H,1-3H3. The number of anilines is 1. The first-order chi connectivity index (χ1) is 11.4. The molecule has 124 valence electrons. The lowest BCUT2D eigenvalue weighted by Crippen LogP contribution is -2.14. The minimum Gasteiger partial charge on any atom is -0.339 e. The molecule has 0 saturated heterocycles. The molecule has 0 radical (unpaired) electrons. The molecule has 3 aromatic rings. The highest BCUT2D eigenvalue weighted by Crippen LogP contribution is 2.24. The number of benzene rings is 2. The molecule has 3 rings (SSSR count). The van der Waals surface area contributed by atoms with E-state index in [1.165, 1.54) is 12.1 Å². The summed E-state index contributed by atoms with van der Waals surface area (Å²) in [5.74, 6) is 0.781. The second-order valence-electron chi connectivity index (χ2n) is 5.52. The highest BCUT2D eigenvalue weighted by Gasteiger charge is 2.17. The molecule has 7 heteroatoms. The van der Waals surface area contributed by atoms with Crippen molar-refractivity contribution in [3.8, 4) is 11.4 Å². The predicted molar refractivity (Wildman–Crippen MR) is 91.2 cm³/mol. The van der Waals surface area contributed by atoms with Crippen LogP contribution >= 0.6 is 0 Å². The van der Waals surface area contributed by atoms with Gasteiger partial charge in [0.15, 0.2) is 0 Å². The molecule has 24 heavy (non-hydrogen) atoms. The van der Waals surface area contributed by atoms with Crippen molar-refractivity contribution in [1.82, 2.24) is 10.1 Å². The zero-order valence-corrected chi connectivity index (χ0v) is 14.4. The van der Waals surface area contributed by atoms with Gasteiger partial charge in [-0.15, -0.1) is 0 Å². The lowest BCUT2D eigenvalue weighted by Gasteiger charge is -2.12. The van der Waals surface area contributed by atoms with Gasteiger partial charge in [-0.1, -0.05) is 29.4 Å². The Morgan fingerprint density at radius 2 is 1.79 bits per heavy atom. The summed E-state index contributed by atoms with van der Waals surface area (Å²) >= 11 is 0. The van der Waals surface area contributed by atoms with E-state index in [0.29, 0.717) is 23.0 Å². The van der Waals surface area contributed by atoms with Gasteiger partial charge in [0, 0.05) is 12.5 Å². The highest BCUT2D eigenvalue weighted by atomic mass is 32.2. The van der Waals surface area contributed by atoms with Crippen LogP contribution in [0.4, 0.5) is 5.69 Å². The van der Waals surface area contributed by atoms with Gasteiger partial charge >= 0.3 is 0 Å². The number of hydrogen-bond acceptors (Lipinski definition) is 5. The van der Waals surface area contributed by atoms with Gasteiger partial charge in [-0.05, 0) is 43.2 Å². The number of nitrogens with zero attached hydrogens (tertiary/aromatic N) is 2. The first-order valence-corrected chi connectivity index (χ1v) is 8.85. The Labute approximate surface area is 140 Å². The van der Waals surface area contributed by atoms with Crippen LogP contribution in [-0.4, -0.2) is 18.6 Å². The largest absolute Gasteiger partial charge is 0.339 e. The molecule has 1 heterocycles. The second kappa shape index (κ2) is 6.09. The van der Waals surface area contributed by atoms with Crippen molar-refractivity contribution >= 4 is 15.7 Å². The molecular formula is C17H17N3O3S. The van der Waals surface area contributed by atoms with Gasteiger partial charge < -0.3 is 4.52 Å². The van der Waals surface area contributed by atoms with Gasteiger partial charge in [-0.2, -0.15) is 4.98 Å². The van der Waals surface area contributed by atoms with E-state index in [4.69, 9.17) is 4.52 Å². The van der Waals surface area contributed by atoms with Crippen LogP contribution < -0.4 is 4.72 Å². The fourth-order valence-corrected chi connectivity index (χ4v) is 3.45. The summed E-state index contributed by atoms with van der Waals surface area (Å²) in [7, 11) is -3.71. The molecule has 0 amide bonds. The third-order valence-corrected chi connectivity index (χ3v) is 5.14. The summed E-state index contributed by atoms with van der Waals surface area (Å²) in [4.78, 5) is 4.26. The number of aromatic nitrogens is 2. The van der Waals surface area contributed by atoms with Crippen LogP contribution in [0, 0.1) is 20.8 Å². The van der Waals surface area contributed by atoms with Crippen LogP contribution in [0.25, 0.3) is 11.4 Å². The lowest BCUT2D eigenvalue weighted by molar-refractivity contribution is 0.394. The third kappa shape index (κ3) is 3.16. The molecule has 1 aromatic heterocycles. The normalized spacial score (nSPS) is 11.5. The Balaban J connectivity index is 1.97. The average Bonchev–Trinajstić information content (AvgIpc) is 2.98. The molecule has 0 unspecified atom stereocenters. The molecule has 0 bridgehead atoms. The van der Waals surface area contributed by atoms with E-state index in [1.54, 1.807) is 25.1 Å². The molecule has 0 saturated carbocycles. The number of nitrogens with one attached hydrogen (secondary N) is 1. The smallest absolute Gasteiger partial charge is 0.261 e. The Morgan fingerprint density at radius 3 is 2.50 bits per heavy atom. The van der Waals surface area contributed by atoms with Gasteiger partial charge in [0.1, 0.15) is 0 Å². The minimum absolute atomic E-state index is 0.142. The van der Waals surface area contributed by atoms with E-state index in [1.807, 2.05) is 26.0 Å². The van der Waals surface area contributed by atoms with Crippen molar-refractivity contribution < 1.29 is 12.9 Å². The monoisotopic (exact) mass is 343 g/mol. The van der Waals surface area contributed by atoms with Crippen LogP contribution in [0.15, 0.2) is 51.9 Å². The predicted octanol–water partition coefficient (Wildman–Crippen LogP) is 3.46. The SMILES string of the molecule is Cc1nc(-c2cccc(S(=O)(=O)Nc3cccc(C)c3C)c2)no1. The highest BCUT2D eigenvalue weighted by molar-refractivity contribution is 7.92. The first-order valence-electron chi connectivity index (χ1n) is 7.36. The average molecular weight is 343 g/mol. The maximum absolute atomic E-state index is 12.7. The Hall–Kier alpha value is -2.67. The van der Waals surface area contributed by atoms with Crippen molar-refractivity contribution in [2.24, 2.45) is 0 Å². The zero-order valence-electron chi connectivity index (χ0n) is 13.6. The summed E-state index contributed by atoms with van der Waals surface area (Å²) in [6.07, 6.45) is 0. The van der Waals surface area contributed by atoms with Crippen molar-refractivity contribution in [3.63, 3.8) is 0 Å². The van der Waals surface area contributed by atoms with Crippen LogP contribution in [0.1, 0.15) is 17.0 Å². The van der Waals surface area contributed by atoms with Crippen LogP contribution in [0.3, 0.4) is 0 Å². The number of hydrogen-bond donors (Lipinski definition) is 1. The molecule has 0 fully saturated rings. The Kier molecular flexibility index (Phi) is 4.11. The number of rotatable bonds is 4. The summed E-state index contributed by atoms with van der Waals surface area (Å²) in [6, 6.07) is 11.9. The van der Waals surface area contributed by atoms with E-state index in [9.17, 15) is 8.42 Å². The Bertz CT molecular complexity index is 994. The van der Waals surface area contributed by atoms with E-state index < -0.39 is 10.0 Å². The fraction of sp³-hybridized carbons (Fsp3) is 0.176. The summed E-state index contributed by atoms with van der Waals surface area (Å²) in [5.41, 5.74) is 3.06. The molecule has 1 N–H and O–H groups in total. The van der Waals surface area contributed by atoms with E-state index in [2.05, 4.69) is 14.9 Å². The molecule has 0 aliphatic rings. The van der Waals surface area contributed by atoms with E-state index >= 15 is 0 Å². The number of sulfonamides is 1. The molecule has 2 aromatic carbocycles. The topological polar surface area (TPSA) is 85.1 Å². The Morgan fingerprint density at radius 1 is 1.04 bits per heavy atom. The zero-order chi connectivity index (χ0) is 17.3. The lowest BCUT2D eigenvalue weighted by atomic mass is 10.1.